The highest BCUT2D eigenvalue weighted by Crippen LogP contribution is 2.18. The van der Waals surface area contributed by atoms with E-state index in [0.717, 1.165) is 5.56 Å². The van der Waals surface area contributed by atoms with Gasteiger partial charge in [-0.15, -0.1) is 0 Å². The normalized spacial score (nSPS) is 12.3. The lowest BCUT2D eigenvalue weighted by atomic mass is 10.1. The van der Waals surface area contributed by atoms with Gasteiger partial charge < -0.3 is 19.5 Å². The van der Waals surface area contributed by atoms with Gasteiger partial charge in [-0.2, -0.15) is 0 Å². The average Bonchev–Trinajstić information content (AvgIpc) is 2.43. The first-order valence-electron chi connectivity index (χ1n) is 7.43. The molecule has 0 saturated carbocycles. The minimum Gasteiger partial charge on any atom is -0.491 e. The molecule has 0 aromatic heterocycles. The van der Waals surface area contributed by atoms with Crippen LogP contribution in [0.5, 0.6) is 5.75 Å². The SMILES string of the molecule is COC(=O)c1cc(OCC(C)NC(=O)OC(C)(C)C)ccc1C. The van der Waals surface area contributed by atoms with Crippen LogP contribution in [0.3, 0.4) is 0 Å². The maximum Gasteiger partial charge on any atom is 0.407 e. The molecule has 0 aliphatic rings. The molecule has 6 nitrogen and oxygen atoms in total. The lowest BCUT2D eigenvalue weighted by Crippen LogP contribution is -2.40. The number of carbonyl (C=O) groups is 2. The number of hydrogen-bond donors (Lipinski definition) is 1. The van der Waals surface area contributed by atoms with Crippen molar-refractivity contribution in [3.8, 4) is 5.75 Å². The zero-order valence-corrected chi connectivity index (χ0v) is 14.6. The van der Waals surface area contributed by atoms with Crippen LogP contribution in [0.15, 0.2) is 18.2 Å². The number of carbonyl (C=O) groups excluding carboxylic acids is 2. The van der Waals surface area contributed by atoms with Crippen molar-refractivity contribution in [3.63, 3.8) is 0 Å². The molecule has 0 spiro atoms. The number of nitrogens with one attached hydrogen (secondary N) is 1. The van der Waals surface area contributed by atoms with Gasteiger partial charge in [0, 0.05) is 0 Å². The van der Waals surface area contributed by atoms with Crippen LogP contribution in [0.25, 0.3) is 0 Å². The maximum atomic E-state index is 11.7. The highest BCUT2D eigenvalue weighted by Gasteiger charge is 2.18. The van der Waals surface area contributed by atoms with Crippen LogP contribution in [0.4, 0.5) is 4.79 Å². The van der Waals surface area contributed by atoms with Crippen molar-refractivity contribution < 1.29 is 23.8 Å². The van der Waals surface area contributed by atoms with Crippen molar-refractivity contribution in [1.82, 2.24) is 5.32 Å². The van der Waals surface area contributed by atoms with Gasteiger partial charge >= 0.3 is 12.1 Å². The monoisotopic (exact) mass is 323 g/mol. The molecule has 0 heterocycles. The summed E-state index contributed by atoms with van der Waals surface area (Å²) in [4.78, 5) is 23.3. The van der Waals surface area contributed by atoms with Crippen LogP contribution in [0.2, 0.25) is 0 Å². The minimum absolute atomic E-state index is 0.243. The van der Waals surface area contributed by atoms with Gasteiger partial charge in [-0.3, -0.25) is 0 Å². The van der Waals surface area contributed by atoms with Gasteiger partial charge in [-0.1, -0.05) is 6.07 Å². The van der Waals surface area contributed by atoms with Gasteiger partial charge in [0.2, 0.25) is 0 Å². The van der Waals surface area contributed by atoms with Gasteiger partial charge in [0.25, 0.3) is 0 Å². The Hall–Kier alpha value is -2.24. The number of rotatable bonds is 5. The second-order valence-electron chi connectivity index (χ2n) is 6.33. The molecule has 128 valence electrons. The maximum absolute atomic E-state index is 11.7. The molecular weight excluding hydrogens is 298 g/mol. The quantitative estimate of drug-likeness (QED) is 0.843. The summed E-state index contributed by atoms with van der Waals surface area (Å²) in [7, 11) is 1.34. The van der Waals surface area contributed by atoms with Crippen molar-refractivity contribution >= 4 is 12.1 Å². The molecule has 6 heteroatoms. The molecule has 1 N–H and O–H groups in total. The molecular formula is C17H25NO5. The largest absolute Gasteiger partial charge is 0.491 e. The third-order valence-corrected chi connectivity index (χ3v) is 2.88. The Morgan fingerprint density at radius 2 is 1.91 bits per heavy atom. The standard InChI is InChI=1S/C17H25NO5/c1-11-7-8-13(9-14(11)15(19)21-6)22-10-12(2)18-16(20)23-17(3,4)5/h7-9,12H,10H2,1-6H3,(H,18,20). The van der Waals surface area contributed by atoms with Crippen LogP contribution in [-0.2, 0) is 9.47 Å². The fourth-order valence-electron chi connectivity index (χ4n) is 1.79. The topological polar surface area (TPSA) is 73.9 Å². The Kier molecular flexibility index (Phi) is 6.42. The molecule has 23 heavy (non-hydrogen) atoms. The summed E-state index contributed by atoms with van der Waals surface area (Å²) >= 11 is 0. The zero-order chi connectivity index (χ0) is 17.6. The van der Waals surface area contributed by atoms with E-state index in [9.17, 15) is 9.59 Å². The Balaban J connectivity index is 2.58. The summed E-state index contributed by atoms with van der Waals surface area (Å²) < 4.78 is 15.5. The fourth-order valence-corrected chi connectivity index (χ4v) is 1.79. The van der Waals surface area contributed by atoms with E-state index in [2.05, 4.69) is 5.32 Å². The molecule has 0 bridgehead atoms. The molecule has 1 atom stereocenters. The number of esters is 1. The van der Waals surface area contributed by atoms with Gasteiger partial charge in [0.05, 0.1) is 18.7 Å². The predicted molar refractivity (Wildman–Crippen MR) is 86.8 cm³/mol. The molecule has 1 aromatic rings. The Morgan fingerprint density at radius 1 is 1.26 bits per heavy atom. The summed E-state index contributed by atoms with van der Waals surface area (Å²) in [6.07, 6.45) is -0.493. The van der Waals surface area contributed by atoms with Gasteiger partial charge in [-0.25, -0.2) is 9.59 Å². The summed E-state index contributed by atoms with van der Waals surface area (Å²) in [5.41, 5.74) is 0.721. The van der Waals surface area contributed by atoms with Crippen molar-refractivity contribution in [1.29, 1.82) is 0 Å². The lowest BCUT2D eigenvalue weighted by molar-refractivity contribution is 0.0493. The van der Waals surface area contributed by atoms with E-state index in [-0.39, 0.29) is 12.6 Å². The van der Waals surface area contributed by atoms with E-state index in [1.54, 1.807) is 45.9 Å². The smallest absolute Gasteiger partial charge is 0.407 e. The minimum atomic E-state index is -0.545. The van der Waals surface area contributed by atoms with Crippen molar-refractivity contribution in [2.45, 2.75) is 46.3 Å². The van der Waals surface area contributed by atoms with E-state index in [1.807, 2.05) is 6.92 Å². The number of ether oxygens (including phenoxy) is 3. The number of hydrogen-bond acceptors (Lipinski definition) is 5. The second kappa shape index (κ2) is 7.85. The van der Waals surface area contributed by atoms with E-state index in [0.29, 0.717) is 11.3 Å². The van der Waals surface area contributed by atoms with Crippen LogP contribution in [0.1, 0.15) is 43.6 Å². The van der Waals surface area contributed by atoms with E-state index < -0.39 is 17.7 Å². The third-order valence-electron chi connectivity index (χ3n) is 2.88. The molecule has 0 saturated heterocycles. The van der Waals surface area contributed by atoms with E-state index >= 15 is 0 Å². The second-order valence-corrected chi connectivity index (χ2v) is 6.33. The molecule has 1 amide bonds. The van der Waals surface area contributed by atoms with Gasteiger partial charge in [0.15, 0.2) is 0 Å². The summed E-state index contributed by atoms with van der Waals surface area (Å²) in [6.45, 7) is 9.28. The highest BCUT2D eigenvalue weighted by atomic mass is 16.6. The predicted octanol–water partition coefficient (Wildman–Crippen LogP) is 3.07. The molecule has 1 unspecified atom stereocenters. The zero-order valence-electron chi connectivity index (χ0n) is 14.6. The molecule has 0 aliphatic heterocycles. The molecule has 1 aromatic carbocycles. The summed E-state index contributed by atoms with van der Waals surface area (Å²) in [5.74, 6) is 0.127. The van der Waals surface area contributed by atoms with E-state index in [1.165, 1.54) is 7.11 Å². The van der Waals surface area contributed by atoms with Crippen molar-refractivity contribution in [2.24, 2.45) is 0 Å². The van der Waals surface area contributed by atoms with E-state index in [4.69, 9.17) is 14.2 Å². The third kappa shape index (κ3) is 6.59. The Bertz CT molecular complexity index is 563. The van der Waals surface area contributed by atoms with Crippen LogP contribution < -0.4 is 10.1 Å². The lowest BCUT2D eigenvalue weighted by Gasteiger charge is -2.22. The average molecular weight is 323 g/mol. The number of methoxy groups -OCH3 is 1. The molecule has 0 radical (unpaired) electrons. The van der Waals surface area contributed by atoms with Crippen LogP contribution in [-0.4, -0.2) is 37.4 Å². The molecule has 0 fully saturated rings. The number of benzene rings is 1. The van der Waals surface area contributed by atoms with Crippen molar-refractivity contribution in [3.05, 3.63) is 29.3 Å². The van der Waals surface area contributed by atoms with Crippen LogP contribution in [0, 0.1) is 6.92 Å². The molecule has 1 rings (SSSR count). The first-order chi connectivity index (χ1) is 10.6. The summed E-state index contributed by atoms with van der Waals surface area (Å²) in [5, 5.41) is 2.69. The fraction of sp³-hybridized carbons (Fsp3) is 0.529. The number of amides is 1. The number of aryl methyl sites for hydroxylation is 1. The number of alkyl carbamates (subject to hydrolysis) is 1. The van der Waals surface area contributed by atoms with Gasteiger partial charge in [-0.05, 0) is 52.3 Å². The van der Waals surface area contributed by atoms with Gasteiger partial charge in [0.1, 0.15) is 18.0 Å². The summed E-state index contributed by atoms with van der Waals surface area (Å²) in [6, 6.07) is 4.93. The highest BCUT2D eigenvalue weighted by molar-refractivity contribution is 5.91. The van der Waals surface area contributed by atoms with Crippen LogP contribution >= 0.6 is 0 Å². The first kappa shape index (κ1) is 18.8. The van der Waals surface area contributed by atoms with Crippen molar-refractivity contribution in [2.75, 3.05) is 13.7 Å². The first-order valence-corrected chi connectivity index (χ1v) is 7.43. The molecule has 0 aliphatic carbocycles. The Labute approximate surface area is 137 Å². The Morgan fingerprint density at radius 3 is 2.48 bits per heavy atom.